The first-order chi connectivity index (χ1) is 12.0. The number of rotatable bonds is 5. The van der Waals surface area contributed by atoms with E-state index in [1.54, 1.807) is 30.7 Å². The van der Waals surface area contributed by atoms with Crippen LogP contribution < -0.4 is 10.6 Å². The lowest BCUT2D eigenvalue weighted by molar-refractivity contribution is 0.503. The van der Waals surface area contributed by atoms with Crippen molar-refractivity contribution in [2.45, 2.75) is 13.1 Å². The predicted octanol–water partition coefficient (Wildman–Crippen LogP) is 4.46. The van der Waals surface area contributed by atoms with Gasteiger partial charge in [0, 0.05) is 16.8 Å². The van der Waals surface area contributed by atoms with Gasteiger partial charge >= 0.3 is 0 Å². The maximum atomic E-state index is 13.9. The molecular weight excluding hydrogens is 386 g/mol. The molecule has 0 atom stereocenters. The molecule has 5 nitrogen and oxygen atoms in total. The van der Waals surface area contributed by atoms with E-state index in [0.29, 0.717) is 33.1 Å². The second-order valence-corrected chi connectivity index (χ2v) is 6.33. The topological polar surface area (TPSA) is 55.0 Å². The monoisotopic (exact) mass is 398 g/mol. The first-order valence-electron chi connectivity index (χ1n) is 7.26. The van der Waals surface area contributed by atoms with Crippen molar-refractivity contribution in [3.05, 3.63) is 70.0 Å². The van der Waals surface area contributed by atoms with E-state index >= 15 is 0 Å². The van der Waals surface area contributed by atoms with Crippen LogP contribution in [0.5, 0.6) is 0 Å². The van der Waals surface area contributed by atoms with Crippen molar-refractivity contribution in [3.8, 4) is 0 Å². The molecule has 0 radical (unpaired) electrons. The van der Waals surface area contributed by atoms with Crippen LogP contribution in [-0.2, 0) is 13.1 Å². The summed E-state index contributed by atoms with van der Waals surface area (Å²) in [6, 6.07) is 8.14. The summed E-state index contributed by atoms with van der Waals surface area (Å²) in [4.78, 5) is 0. The first-order valence-corrected chi connectivity index (χ1v) is 8.42. The molecule has 0 bridgehead atoms. The normalized spacial score (nSPS) is 10.7. The molecule has 0 aliphatic heterocycles. The Hall–Kier alpha value is -2.09. The van der Waals surface area contributed by atoms with Crippen molar-refractivity contribution >= 4 is 46.4 Å². The largest absolute Gasteiger partial charge is 0.467 e. The Morgan fingerprint density at radius 1 is 1.24 bits per heavy atom. The van der Waals surface area contributed by atoms with E-state index in [4.69, 9.17) is 39.8 Å². The Morgan fingerprint density at radius 2 is 2.08 bits per heavy atom. The van der Waals surface area contributed by atoms with Crippen molar-refractivity contribution in [3.63, 3.8) is 0 Å². The Bertz CT molecular complexity index is 862. The minimum Gasteiger partial charge on any atom is -0.467 e. The van der Waals surface area contributed by atoms with Gasteiger partial charge in [0.15, 0.2) is 10.9 Å². The molecule has 0 amide bonds. The number of thiocarbonyl (C=S) groups is 1. The van der Waals surface area contributed by atoms with Gasteiger partial charge in [-0.15, -0.1) is 0 Å². The molecule has 1 aromatic carbocycles. The van der Waals surface area contributed by atoms with Gasteiger partial charge in [0.05, 0.1) is 19.4 Å². The lowest BCUT2D eigenvalue weighted by atomic mass is 10.2. The van der Waals surface area contributed by atoms with Gasteiger partial charge in [-0.1, -0.05) is 29.3 Å². The van der Waals surface area contributed by atoms with Crippen molar-refractivity contribution in [1.82, 2.24) is 15.1 Å². The molecule has 0 spiro atoms. The van der Waals surface area contributed by atoms with Crippen LogP contribution in [0.3, 0.4) is 0 Å². The van der Waals surface area contributed by atoms with Crippen LogP contribution in [0.1, 0.15) is 11.3 Å². The highest BCUT2D eigenvalue weighted by atomic mass is 35.5. The molecule has 2 aromatic heterocycles. The molecule has 0 unspecified atom stereocenters. The molecule has 0 aliphatic carbocycles. The number of hydrogen-bond donors (Lipinski definition) is 2. The molecule has 25 heavy (non-hydrogen) atoms. The van der Waals surface area contributed by atoms with Crippen molar-refractivity contribution in [2.24, 2.45) is 0 Å². The fraction of sp³-hybridized carbons (Fsp3) is 0.125. The number of aromatic nitrogens is 2. The predicted molar refractivity (Wildman–Crippen MR) is 99.5 cm³/mol. The fourth-order valence-corrected chi connectivity index (χ4v) is 2.73. The van der Waals surface area contributed by atoms with Gasteiger partial charge in [-0.2, -0.15) is 5.10 Å². The summed E-state index contributed by atoms with van der Waals surface area (Å²) in [5, 5.41) is 11.2. The van der Waals surface area contributed by atoms with Crippen LogP contribution in [0, 0.1) is 5.82 Å². The summed E-state index contributed by atoms with van der Waals surface area (Å²) in [5.41, 5.74) is 0.341. The molecule has 3 rings (SSSR count). The van der Waals surface area contributed by atoms with E-state index in [1.165, 1.54) is 10.7 Å². The Balaban J connectivity index is 1.65. The first kappa shape index (κ1) is 17.7. The third-order valence-corrected chi connectivity index (χ3v) is 4.21. The quantitative estimate of drug-likeness (QED) is 0.621. The molecule has 0 saturated heterocycles. The minimum absolute atomic E-state index is 0.152. The van der Waals surface area contributed by atoms with Gasteiger partial charge in [-0.05, 0) is 36.5 Å². The standard InChI is InChI=1S/C16H13Cl2FN4OS/c17-12-4-1-5-14(19)11(12)8-23-9-13(18)15(22-23)21-16(25)20-7-10-3-2-6-24-10/h1-6,9H,7-8H2,(H2,20,21,22,25). The lowest BCUT2D eigenvalue weighted by Gasteiger charge is -2.08. The van der Waals surface area contributed by atoms with Crippen LogP contribution in [0.15, 0.2) is 47.2 Å². The summed E-state index contributed by atoms with van der Waals surface area (Å²) in [5.74, 6) is 0.713. The zero-order chi connectivity index (χ0) is 17.8. The molecule has 9 heteroatoms. The molecule has 2 N–H and O–H groups in total. The summed E-state index contributed by atoms with van der Waals surface area (Å²) >= 11 is 17.4. The van der Waals surface area contributed by atoms with E-state index in [9.17, 15) is 4.39 Å². The van der Waals surface area contributed by atoms with Crippen LogP contribution in [0.25, 0.3) is 0 Å². The smallest absolute Gasteiger partial charge is 0.173 e. The van der Waals surface area contributed by atoms with Crippen molar-refractivity contribution < 1.29 is 8.81 Å². The van der Waals surface area contributed by atoms with E-state index < -0.39 is 5.82 Å². The number of nitrogens with one attached hydrogen (secondary N) is 2. The van der Waals surface area contributed by atoms with E-state index in [0.717, 1.165) is 5.76 Å². The number of anilines is 1. The highest BCUT2D eigenvalue weighted by Crippen LogP contribution is 2.23. The van der Waals surface area contributed by atoms with E-state index in [2.05, 4.69) is 15.7 Å². The van der Waals surface area contributed by atoms with E-state index in [1.807, 2.05) is 6.07 Å². The summed E-state index contributed by atoms with van der Waals surface area (Å²) in [7, 11) is 0. The number of furan rings is 1. The zero-order valence-corrected chi connectivity index (χ0v) is 15.1. The second kappa shape index (κ2) is 7.86. The van der Waals surface area contributed by atoms with Crippen LogP contribution in [-0.4, -0.2) is 14.9 Å². The molecule has 130 valence electrons. The van der Waals surface area contributed by atoms with Gasteiger partial charge in [0.2, 0.25) is 0 Å². The van der Waals surface area contributed by atoms with Gasteiger partial charge in [-0.3, -0.25) is 4.68 Å². The Morgan fingerprint density at radius 3 is 2.80 bits per heavy atom. The van der Waals surface area contributed by atoms with Crippen molar-refractivity contribution in [1.29, 1.82) is 0 Å². The van der Waals surface area contributed by atoms with Crippen LogP contribution in [0.4, 0.5) is 10.2 Å². The minimum atomic E-state index is -0.399. The molecule has 2 heterocycles. The van der Waals surface area contributed by atoms with Crippen LogP contribution >= 0.6 is 35.4 Å². The number of nitrogens with zero attached hydrogens (tertiary/aromatic N) is 2. The third-order valence-electron chi connectivity index (χ3n) is 3.33. The molecular formula is C16H13Cl2FN4OS. The van der Waals surface area contributed by atoms with Gasteiger partial charge in [0.1, 0.15) is 16.6 Å². The summed E-state index contributed by atoms with van der Waals surface area (Å²) < 4.78 is 20.6. The summed E-state index contributed by atoms with van der Waals surface area (Å²) in [6.07, 6.45) is 3.15. The number of benzene rings is 1. The summed E-state index contributed by atoms with van der Waals surface area (Å²) in [6.45, 7) is 0.585. The highest BCUT2D eigenvalue weighted by molar-refractivity contribution is 7.80. The SMILES string of the molecule is Fc1cccc(Cl)c1Cn1cc(Cl)c(NC(=S)NCc2ccco2)n1. The Kier molecular flexibility index (Phi) is 5.57. The van der Waals surface area contributed by atoms with Crippen LogP contribution in [0.2, 0.25) is 10.0 Å². The van der Waals surface area contributed by atoms with Gasteiger partial charge < -0.3 is 15.1 Å². The van der Waals surface area contributed by atoms with Crippen molar-refractivity contribution in [2.75, 3.05) is 5.32 Å². The average molecular weight is 399 g/mol. The number of hydrogen-bond acceptors (Lipinski definition) is 3. The van der Waals surface area contributed by atoms with E-state index in [-0.39, 0.29) is 6.54 Å². The van der Waals surface area contributed by atoms with Gasteiger partial charge in [-0.25, -0.2) is 4.39 Å². The maximum absolute atomic E-state index is 13.9. The third kappa shape index (κ3) is 4.50. The molecule has 0 fully saturated rings. The lowest BCUT2D eigenvalue weighted by Crippen LogP contribution is -2.28. The van der Waals surface area contributed by atoms with Gasteiger partial charge in [0.25, 0.3) is 0 Å². The Labute approximate surface area is 158 Å². The molecule has 3 aromatic rings. The fourth-order valence-electron chi connectivity index (χ4n) is 2.14. The molecule has 0 saturated carbocycles. The molecule has 0 aliphatic rings. The maximum Gasteiger partial charge on any atom is 0.173 e. The average Bonchev–Trinajstić information content (AvgIpc) is 3.20. The number of halogens is 3. The zero-order valence-electron chi connectivity index (χ0n) is 12.8. The highest BCUT2D eigenvalue weighted by Gasteiger charge is 2.12. The second-order valence-electron chi connectivity index (χ2n) is 5.11.